The first-order valence-electron chi connectivity index (χ1n) is 21.7. The zero-order valence-electron chi connectivity index (χ0n) is 36.4. The van der Waals surface area contributed by atoms with E-state index in [-0.39, 0.29) is 18.2 Å². The normalized spacial score (nSPS) is 11.3. The summed E-state index contributed by atoms with van der Waals surface area (Å²) < 4.78 is 28.4. The number of nitrogens with zero attached hydrogens (tertiary/aromatic N) is 2. The van der Waals surface area contributed by atoms with Crippen molar-refractivity contribution in [3.05, 3.63) is 130 Å². The van der Waals surface area contributed by atoms with E-state index in [9.17, 15) is 14.4 Å². The number of Topliss-reactive ketones (excluding diaryl/α,β-unsaturated/α-hetero) is 2. The number of nitrogens with two attached hydrogens (primary N) is 2. The summed E-state index contributed by atoms with van der Waals surface area (Å²) in [7, 11) is 0. The molecule has 4 aromatic carbocycles. The Labute approximate surface area is 369 Å². The third-order valence-electron chi connectivity index (χ3n) is 10.8. The molecule has 0 fully saturated rings. The zero-order valence-corrected chi connectivity index (χ0v) is 36.4. The predicted molar refractivity (Wildman–Crippen MR) is 247 cm³/mol. The second kappa shape index (κ2) is 23.9. The Kier molecular flexibility index (Phi) is 17.5. The number of benzene rings is 4. The Bertz CT molecular complexity index is 2470. The van der Waals surface area contributed by atoms with Crippen LogP contribution in [-0.2, 0) is 38.5 Å². The van der Waals surface area contributed by atoms with Gasteiger partial charge in [0.05, 0.1) is 31.9 Å². The van der Waals surface area contributed by atoms with Gasteiger partial charge in [-0.1, -0.05) is 42.5 Å². The summed E-state index contributed by atoms with van der Waals surface area (Å²) in [5, 5.41) is 2.09. The molecule has 4 N–H and O–H groups in total. The summed E-state index contributed by atoms with van der Waals surface area (Å²) in [5.41, 5.74) is 20.8. The standard InChI is InChI=1S/C51H58N4O8/c1-35-9-20-45-46-29-38(31-54-50(46)51(53)55-48(45)27-35)12-13-39-16-18-43(28-36(39)2)62-33-37-10-14-40(15-11-37)49(58)8-4-6-22-60-24-26-61-25-23-59-21-5-3-7-42(57)34-63-44-19-17-41(32-56)47(52)30-44/h9-11,14-20,27-32H,3-8,12-13,21-26,33-34,52H2,1-2H3,(H2,53,55). The monoisotopic (exact) mass is 854 g/mol. The Morgan fingerprint density at radius 3 is 2.08 bits per heavy atom. The highest BCUT2D eigenvalue weighted by Gasteiger charge is 2.11. The van der Waals surface area contributed by atoms with Gasteiger partial charge in [0.25, 0.3) is 0 Å². The van der Waals surface area contributed by atoms with Crippen molar-refractivity contribution in [1.82, 2.24) is 9.97 Å². The number of carbonyl (C=O) groups is 3. The molecule has 0 radical (unpaired) electrons. The number of anilines is 2. The average molecular weight is 855 g/mol. The minimum atomic E-state index is -0.0396. The molecule has 0 bridgehead atoms. The van der Waals surface area contributed by atoms with Gasteiger partial charge in [0.2, 0.25) is 0 Å². The van der Waals surface area contributed by atoms with Crippen LogP contribution in [0.1, 0.15) is 87.1 Å². The van der Waals surface area contributed by atoms with Crippen molar-refractivity contribution >= 4 is 51.2 Å². The second-order valence-electron chi connectivity index (χ2n) is 15.7. The van der Waals surface area contributed by atoms with Gasteiger partial charge in [-0.05, 0) is 117 Å². The fourth-order valence-electron chi connectivity index (χ4n) is 7.16. The average Bonchev–Trinajstić information content (AvgIpc) is 3.28. The van der Waals surface area contributed by atoms with Crippen molar-refractivity contribution in [3.8, 4) is 11.5 Å². The Hall–Kier alpha value is -6.21. The quantitative estimate of drug-likeness (QED) is 0.0166. The van der Waals surface area contributed by atoms with Crippen molar-refractivity contribution in [1.29, 1.82) is 0 Å². The number of rotatable bonds is 27. The molecule has 6 aromatic rings. The van der Waals surface area contributed by atoms with Gasteiger partial charge in [-0.2, -0.15) is 0 Å². The Morgan fingerprint density at radius 1 is 0.667 bits per heavy atom. The number of ketones is 2. The first-order chi connectivity index (χ1) is 30.7. The number of pyridine rings is 2. The van der Waals surface area contributed by atoms with E-state index in [1.807, 2.05) is 36.5 Å². The van der Waals surface area contributed by atoms with Gasteiger partial charge >= 0.3 is 0 Å². The fourth-order valence-corrected chi connectivity index (χ4v) is 7.16. The summed E-state index contributed by atoms with van der Waals surface area (Å²) in [6, 6.07) is 27.0. The van der Waals surface area contributed by atoms with Gasteiger partial charge < -0.3 is 35.2 Å². The molecular weight excluding hydrogens is 797 g/mol. The van der Waals surface area contributed by atoms with Gasteiger partial charge in [0.15, 0.2) is 23.7 Å². The minimum absolute atomic E-state index is 0.0108. The summed E-state index contributed by atoms with van der Waals surface area (Å²) >= 11 is 0. The molecule has 2 aromatic heterocycles. The first kappa shape index (κ1) is 46.3. The van der Waals surface area contributed by atoms with Crippen LogP contribution in [0.5, 0.6) is 11.5 Å². The minimum Gasteiger partial charge on any atom is -0.489 e. The highest BCUT2D eigenvalue weighted by Crippen LogP contribution is 2.29. The van der Waals surface area contributed by atoms with Gasteiger partial charge in [-0.3, -0.25) is 19.4 Å². The lowest BCUT2D eigenvalue weighted by Crippen LogP contribution is -2.12. The van der Waals surface area contributed by atoms with E-state index >= 15 is 0 Å². The molecule has 12 heteroatoms. The maximum atomic E-state index is 12.8. The van der Waals surface area contributed by atoms with Gasteiger partial charge in [0.1, 0.15) is 30.2 Å². The lowest BCUT2D eigenvalue weighted by atomic mass is 9.99. The third kappa shape index (κ3) is 14.2. The molecule has 0 aliphatic rings. The largest absolute Gasteiger partial charge is 0.489 e. The topological polar surface area (TPSA) is 175 Å². The van der Waals surface area contributed by atoms with E-state index in [0.29, 0.717) is 100 Å². The third-order valence-corrected chi connectivity index (χ3v) is 10.8. The zero-order chi connectivity index (χ0) is 44.4. The number of unbranched alkanes of at least 4 members (excludes halogenated alkanes) is 2. The molecule has 12 nitrogen and oxygen atoms in total. The number of nitrogen functional groups attached to an aromatic ring is 2. The number of carbonyl (C=O) groups excluding carboxylic acids is 3. The summed E-state index contributed by atoms with van der Waals surface area (Å²) in [5.74, 6) is 1.83. The van der Waals surface area contributed by atoms with E-state index in [4.69, 9.17) is 35.2 Å². The lowest BCUT2D eigenvalue weighted by Gasteiger charge is -2.12. The molecule has 0 atom stereocenters. The van der Waals surface area contributed by atoms with Crippen LogP contribution in [-0.4, -0.2) is 74.1 Å². The molecule has 0 amide bonds. The number of aromatic nitrogens is 2. The molecule has 330 valence electrons. The van der Waals surface area contributed by atoms with Crippen molar-refractivity contribution < 1.29 is 38.1 Å². The smallest absolute Gasteiger partial charge is 0.170 e. The molecule has 0 saturated heterocycles. The van der Waals surface area contributed by atoms with E-state index in [2.05, 4.69) is 60.2 Å². The first-order valence-corrected chi connectivity index (χ1v) is 21.7. The summed E-state index contributed by atoms with van der Waals surface area (Å²) in [6.07, 6.45) is 8.18. The maximum absolute atomic E-state index is 12.8. The number of fused-ring (bicyclic) bond motifs is 3. The number of hydrogen-bond acceptors (Lipinski definition) is 12. The van der Waals surface area contributed by atoms with Crippen LogP contribution in [0.2, 0.25) is 0 Å². The van der Waals surface area contributed by atoms with Gasteiger partial charge in [-0.25, -0.2) is 4.98 Å². The Morgan fingerprint density at radius 2 is 1.37 bits per heavy atom. The molecular formula is C51H58N4O8. The molecule has 0 aliphatic carbocycles. The van der Waals surface area contributed by atoms with Crippen LogP contribution in [0.25, 0.3) is 21.8 Å². The van der Waals surface area contributed by atoms with Crippen LogP contribution >= 0.6 is 0 Å². The van der Waals surface area contributed by atoms with Crippen LogP contribution in [0.3, 0.4) is 0 Å². The van der Waals surface area contributed by atoms with Crippen molar-refractivity contribution in [2.75, 3.05) is 57.7 Å². The van der Waals surface area contributed by atoms with E-state index in [0.717, 1.165) is 76.3 Å². The van der Waals surface area contributed by atoms with E-state index < -0.39 is 0 Å². The lowest BCUT2D eigenvalue weighted by molar-refractivity contribution is -0.121. The highest BCUT2D eigenvalue weighted by atomic mass is 16.5. The van der Waals surface area contributed by atoms with Crippen LogP contribution in [0, 0.1) is 13.8 Å². The maximum Gasteiger partial charge on any atom is 0.170 e. The van der Waals surface area contributed by atoms with Gasteiger partial charge in [0, 0.05) is 65.9 Å². The van der Waals surface area contributed by atoms with Crippen molar-refractivity contribution in [2.24, 2.45) is 0 Å². The van der Waals surface area contributed by atoms with Gasteiger partial charge in [-0.15, -0.1) is 0 Å². The number of ether oxygens (including phenoxy) is 5. The van der Waals surface area contributed by atoms with Crippen molar-refractivity contribution in [2.45, 2.75) is 71.8 Å². The fraction of sp³-hybridized carbons (Fsp3) is 0.353. The molecule has 0 spiro atoms. The molecule has 0 aliphatic heterocycles. The number of aldehydes is 1. The summed E-state index contributed by atoms with van der Waals surface area (Å²) in [4.78, 5) is 45.0. The number of hydrogen-bond donors (Lipinski definition) is 2. The molecule has 63 heavy (non-hydrogen) atoms. The second-order valence-corrected chi connectivity index (χ2v) is 15.7. The predicted octanol–water partition coefficient (Wildman–Crippen LogP) is 8.96. The molecule has 0 saturated carbocycles. The van der Waals surface area contributed by atoms with Crippen LogP contribution in [0.15, 0.2) is 91.1 Å². The Balaban J connectivity index is 0.772. The van der Waals surface area contributed by atoms with Crippen LogP contribution < -0.4 is 20.9 Å². The van der Waals surface area contributed by atoms with Crippen molar-refractivity contribution in [3.63, 3.8) is 0 Å². The SMILES string of the molecule is Cc1ccc2c(c1)nc(N)c1ncc(CCc3ccc(OCc4ccc(C(=O)CCCCOCCOCCOCCCCC(=O)COc5ccc(C=O)c(N)c5)cc4)cc3C)cc12. The highest BCUT2D eigenvalue weighted by molar-refractivity contribution is 6.08. The molecule has 0 unspecified atom stereocenters. The van der Waals surface area contributed by atoms with Crippen LogP contribution in [0.4, 0.5) is 11.5 Å². The molecule has 6 rings (SSSR count). The number of aryl methyl sites for hydroxylation is 4. The van der Waals surface area contributed by atoms with E-state index in [1.54, 1.807) is 12.1 Å². The molecule has 2 heterocycles. The summed E-state index contributed by atoms with van der Waals surface area (Å²) in [6.45, 7) is 7.55. The van der Waals surface area contributed by atoms with E-state index in [1.165, 1.54) is 17.2 Å².